The second-order valence-electron chi connectivity index (χ2n) is 6.00. The normalized spacial score (nSPS) is 16.3. The topological polar surface area (TPSA) is 57.2 Å². The number of hydrogen-bond acceptors (Lipinski definition) is 5. The molecule has 3 rings (SSSR count). The summed E-state index contributed by atoms with van der Waals surface area (Å²) in [5.41, 5.74) is 0.450. The van der Waals surface area contributed by atoms with Gasteiger partial charge in [-0.2, -0.15) is 0 Å². The molecule has 2 aromatic carbocycles. The van der Waals surface area contributed by atoms with E-state index < -0.39 is 0 Å². The molecule has 0 aromatic heterocycles. The van der Waals surface area contributed by atoms with Gasteiger partial charge in [-0.15, -0.1) is 0 Å². The average molecular weight is 357 g/mol. The minimum atomic E-state index is -0.109. The zero-order valence-corrected chi connectivity index (χ0v) is 15.2. The van der Waals surface area contributed by atoms with Gasteiger partial charge in [0, 0.05) is 25.1 Å². The quantitative estimate of drug-likeness (QED) is 0.795. The van der Waals surface area contributed by atoms with Crippen molar-refractivity contribution in [3.05, 3.63) is 48.0 Å². The van der Waals surface area contributed by atoms with Crippen LogP contribution in [0.25, 0.3) is 0 Å². The number of ether oxygens (including phenoxy) is 4. The zero-order valence-electron chi connectivity index (χ0n) is 15.2. The van der Waals surface area contributed by atoms with Crippen molar-refractivity contribution in [3.8, 4) is 23.0 Å². The van der Waals surface area contributed by atoms with Crippen molar-refractivity contribution in [3.63, 3.8) is 0 Å². The Kier molecular flexibility index (Phi) is 5.51. The van der Waals surface area contributed by atoms with E-state index in [1.165, 1.54) is 14.2 Å². The van der Waals surface area contributed by atoms with E-state index >= 15 is 0 Å². The molecule has 1 aliphatic heterocycles. The minimum absolute atomic E-state index is 0.0208. The maximum Gasteiger partial charge on any atom is 0.257 e. The Morgan fingerprint density at radius 2 is 1.62 bits per heavy atom. The highest BCUT2D eigenvalue weighted by Gasteiger charge is 2.30. The standard InChI is InChI=1S/C20H23NO5/c1-23-17-12-19(25-3)18(24-2)11-16(17)20(22)21-10-9-15(13-21)26-14-7-5-4-6-8-14/h4-8,11-12,15H,9-10,13H2,1-3H3/t15-/m1/s1. The fourth-order valence-electron chi connectivity index (χ4n) is 3.07. The van der Waals surface area contributed by atoms with Gasteiger partial charge in [-0.1, -0.05) is 18.2 Å². The lowest BCUT2D eigenvalue weighted by Gasteiger charge is -2.20. The van der Waals surface area contributed by atoms with E-state index in [0.717, 1.165) is 12.2 Å². The fraction of sp³-hybridized carbons (Fsp3) is 0.350. The molecule has 1 aliphatic rings. The number of benzene rings is 2. The summed E-state index contributed by atoms with van der Waals surface area (Å²) in [5, 5.41) is 0. The van der Waals surface area contributed by atoms with Crippen molar-refractivity contribution in [2.24, 2.45) is 0 Å². The van der Waals surface area contributed by atoms with E-state index in [2.05, 4.69) is 0 Å². The van der Waals surface area contributed by atoms with Crippen LogP contribution in [0.1, 0.15) is 16.8 Å². The van der Waals surface area contributed by atoms with Crippen molar-refractivity contribution >= 4 is 5.91 Å². The first-order valence-electron chi connectivity index (χ1n) is 8.47. The Labute approximate surface area is 153 Å². The van der Waals surface area contributed by atoms with Gasteiger partial charge in [0.25, 0.3) is 5.91 Å². The lowest BCUT2D eigenvalue weighted by molar-refractivity contribution is 0.0768. The Morgan fingerprint density at radius 3 is 2.27 bits per heavy atom. The second-order valence-corrected chi connectivity index (χ2v) is 6.00. The molecule has 1 fully saturated rings. The van der Waals surface area contributed by atoms with Crippen LogP contribution < -0.4 is 18.9 Å². The van der Waals surface area contributed by atoms with Crippen LogP contribution in [0.5, 0.6) is 23.0 Å². The summed E-state index contributed by atoms with van der Waals surface area (Å²) in [4.78, 5) is 14.8. The smallest absolute Gasteiger partial charge is 0.257 e. The molecule has 0 spiro atoms. The van der Waals surface area contributed by atoms with Crippen molar-refractivity contribution in [1.82, 2.24) is 4.90 Å². The van der Waals surface area contributed by atoms with Gasteiger partial charge in [-0.05, 0) is 12.1 Å². The predicted molar refractivity (Wildman–Crippen MR) is 97.5 cm³/mol. The molecule has 0 unspecified atom stereocenters. The molecule has 0 aliphatic carbocycles. The van der Waals surface area contributed by atoms with E-state index in [4.69, 9.17) is 18.9 Å². The van der Waals surface area contributed by atoms with Crippen LogP contribution in [-0.4, -0.2) is 51.3 Å². The van der Waals surface area contributed by atoms with Crippen molar-refractivity contribution in [1.29, 1.82) is 0 Å². The van der Waals surface area contributed by atoms with Crippen LogP contribution in [0.4, 0.5) is 0 Å². The molecule has 1 saturated heterocycles. The highest BCUT2D eigenvalue weighted by molar-refractivity contribution is 5.98. The Balaban J connectivity index is 1.75. The molecule has 1 amide bonds. The third-order valence-corrected chi connectivity index (χ3v) is 4.41. The van der Waals surface area contributed by atoms with E-state index in [-0.39, 0.29) is 12.0 Å². The number of nitrogens with zero attached hydrogens (tertiary/aromatic N) is 1. The van der Waals surface area contributed by atoms with Gasteiger partial charge in [-0.3, -0.25) is 4.79 Å². The number of amides is 1. The highest BCUT2D eigenvalue weighted by Crippen LogP contribution is 2.35. The van der Waals surface area contributed by atoms with Crippen LogP contribution >= 0.6 is 0 Å². The Hall–Kier alpha value is -2.89. The number of rotatable bonds is 6. The highest BCUT2D eigenvalue weighted by atomic mass is 16.5. The number of hydrogen-bond donors (Lipinski definition) is 0. The maximum atomic E-state index is 13.0. The monoisotopic (exact) mass is 357 g/mol. The van der Waals surface area contributed by atoms with Crippen molar-refractivity contribution < 1.29 is 23.7 Å². The molecular formula is C20H23NO5. The van der Waals surface area contributed by atoms with E-state index in [1.807, 2.05) is 30.3 Å². The molecule has 1 atom stereocenters. The van der Waals surface area contributed by atoms with Crippen LogP contribution in [0.15, 0.2) is 42.5 Å². The van der Waals surface area contributed by atoms with Crippen LogP contribution in [0, 0.1) is 0 Å². The largest absolute Gasteiger partial charge is 0.496 e. The molecule has 2 aromatic rings. The van der Waals surface area contributed by atoms with Gasteiger partial charge in [0.15, 0.2) is 11.5 Å². The minimum Gasteiger partial charge on any atom is -0.496 e. The summed E-state index contributed by atoms with van der Waals surface area (Å²) in [6.45, 7) is 1.17. The summed E-state index contributed by atoms with van der Waals surface area (Å²) in [7, 11) is 4.62. The van der Waals surface area contributed by atoms with Crippen molar-refractivity contribution in [2.45, 2.75) is 12.5 Å². The maximum absolute atomic E-state index is 13.0. The second kappa shape index (κ2) is 7.99. The average Bonchev–Trinajstić information content (AvgIpc) is 3.15. The number of methoxy groups -OCH3 is 3. The molecular weight excluding hydrogens is 334 g/mol. The van der Waals surface area contributed by atoms with Gasteiger partial charge in [-0.25, -0.2) is 0 Å². The van der Waals surface area contributed by atoms with Crippen LogP contribution in [0.2, 0.25) is 0 Å². The van der Waals surface area contributed by atoms with Gasteiger partial charge < -0.3 is 23.8 Å². The number of carbonyl (C=O) groups is 1. The SMILES string of the molecule is COc1cc(OC)c(C(=O)N2CC[C@@H](Oc3ccccc3)C2)cc1OC. The molecule has 6 nitrogen and oxygen atoms in total. The predicted octanol–water partition coefficient (Wildman–Crippen LogP) is 3.01. The number of likely N-dealkylation sites (tertiary alicyclic amines) is 1. The summed E-state index contributed by atoms with van der Waals surface area (Å²) in [6.07, 6.45) is 0.767. The zero-order chi connectivity index (χ0) is 18.5. The summed E-state index contributed by atoms with van der Waals surface area (Å²) >= 11 is 0. The van der Waals surface area contributed by atoms with Crippen LogP contribution in [-0.2, 0) is 0 Å². The molecule has 0 saturated carbocycles. The van der Waals surface area contributed by atoms with E-state index in [0.29, 0.717) is 35.9 Å². The molecule has 26 heavy (non-hydrogen) atoms. The molecule has 1 heterocycles. The van der Waals surface area contributed by atoms with Crippen LogP contribution in [0.3, 0.4) is 0 Å². The van der Waals surface area contributed by atoms with Gasteiger partial charge in [0.1, 0.15) is 17.6 Å². The first-order valence-corrected chi connectivity index (χ1v) is 8.47. The number of para-hydroxylation sites is 1. The Bertz CT molecular complexity index is 762. The summed E-state index contributed by atoms with van der Waals surface area (Å²) < 4.78 is 21.9. The van der Waals surface area contributed by atoms with E-state index in [9.17, 15) is 4.79 Å². The molecule has 0 radical (unpaired) electrons. The summed E-state index contributed by atoms with van der Waals surface area (Å²) in [5.74, 6) is 2.18. The van der Waals surface area contributed by atoms with Gasteiger partial charge in [0.2, 0.25) is 0 Å². The lowest BCUT2D eigenvalue weighted by Crippen LogP contribution is -2.31. The Morgan fingerprint density at radius 1 is 0.962 bits per heavy atom. The third-order valence-electron chi connectivity index (χ3n) is 4.41. The molecule has 0 N–H and O–H groups in total. The van der Waals surface area contributed by atoms with E-state index in [1.54, 1.807) is 24.1 Å². The lowest BCUT2D eigenvalue weighted by atomic mass is 10.1. The molecule has 138 valence electrons. The fourth-order valence-corrected chi connectivity index (χ4v) is 3.07. The molecule has 0 bridgehead atoms. The van der Waals surface area contributed by atoms with Gasteiger partial charge >= 0.3 is 0 Å². The third kappa shape index (κ3) is 3.69. The first kappa shape index (κ1) is 17.9. The first-order chi connectivity index (χ1) is 12.7. The summed E-state index contributed by atoms with van der Waals surface area (Å²) in [6, 6.07) is 13.0. The van der Waals surface area contributed by atoms with Crippen molar-refractivity contribution in [2.75, 3.05) is 34.4 Å². The van der Waals surface area contributed by atoms with Gasteiger partial charge in [0.05, 0.1) is 33.4 Å². The molecule has 6 heteroatoms. The number of carbonyl (C=O) groups excluding carboxylic acids is 1.